The predicted molar refractivity (Wildman–Crippen MR) is 80.5 cm³/mol. The minimum absolute atomic E-state index is 0.0752. The molecule has 1 saturated heterocycles. The molecule has 0 radical (unpaired) electrons. The molecule has 7 heteroatoms. The summed E-state index contributed by atoms with van der Waals surface area (Å²) in [7, 11) is 0. The molecule has 1 heterocycles. The van der Waals surface area contributed by atoms with Crippen LogP contribution in [0.1, 0.15) is 23.7 Å². The Balaban J connectivity index is 2.25. The molecule has 2 rings (SSSR count). The van der Waals surface area contributed by atoms with E-state index in [1.165, 1.54) is 12.1 Å². The minimum Gasteiger partial charge on any atom is -0.337 e. The smallest absolute Gasteiger partial charge is 0.288 e. The Bertz CT molecular complexity index is 538. The summed E-state index contributed by atoms with van der Waals surface area (Å²) in [6.07, 6.45) is 0.997. The zero-order valence-electron chi connectivity index (χ0n) is 11.0. The van der Waals surface area contributed by atoms with Crippen molar-refractivity contribution in [2.45, 2.75) is 18.6 Å². The Kier molecular flexibility index (Phi) is 4.88. The molecule has 5 nitrogen and oxygen atoms in total. The largest absolute Gasteiger partial charge is 0.337 e. The van der Waals surface area contributed by atoms with Gasteiger partial charge in [0.05, 0.1) is 10.5 Å². The number of nitro benzene ring substituents is 1. The molecule has 1 unspecified atom stereocenters. The molecule has 0 spiro atoms. The van der Waals surface area contributed by atoms with Gasteiger partial charge >= 0.3 is 0 Å². The monoisotopic (exact) mass is 314 g/mol. The van der Waals surface area contributed by atoms with Gasteiger partial charge in [-0.1, -0.05) is 24.6 Å². The first-order valence-corrected chi connectivity index (χ1v) is 7.81. The van der Waals surface area contributed by atoms with Crippen molar-refractivity contribution in [3.05, 3.63) is 38.9 Å². The van der Waals surface area contributed by atoms with Crippen LogP contribution in [0.25, 0.3) is 0 Å². The molecule has 0 aliphatic carbocycles. The Morgan fingerprint density at radius 3 is 3.00 bits per heavy atom. The van der Waals surface area contributed by atoms with Gasteiger partial charge in [0, 0.05) is 30.2 Å². The van der Waals surface area contributed by atoms with E-state index in [2.05, 4.69) is 6.92 Å². The first kappa shape index (κ1) is 15.1. The summed E-state index contributed by atoms with van der Waals surface area (Å²) in [6.45, 7) is 3.41. The first-order chi connectivity index (χ1) is 9.54. The zero-order chi connectivity index (χ0) is 14.7. The van der Waals surface area contributed by atoms with Crippen molar-refractivity contribution in [2.75, 3.05) is 18.8 Å². The van der Waals surface area contributed by atoms with Crippen LogP contribution in [0.4, 0.5) is 5.69 Å². The van der Waals surface area contributed by atoms with Gasteiger partial charge in [0.25, 0.3) is 11.6 Å². The molecule has 0 N–H and O–H groups in total. The second-order valence-corrected chi connectivity index (χ2v) is 6.33. The van der Waals surface area contributed by atoms with Crippen molar-refractivity contribution >= 4 is 35.0 Å². The maximum atomic E-state index is 12.5. The number of amides is 1. The van der Waals surface area contributed by atoms with Gasteiger partial charge in [-0.2, -0.15) is 11.8 Å². The van der Waals surface area contributed by atoms with Crippen LogP contribution in [0.3, 0.4) is 0 Å². The maximum absolute atomic E-state index is 12.5. The van der Waals surface area contributed by atoms with E-state index in [1.54, 1.807) is 11.0 Å². The molecule has 108 valence electrons. The van der Waals surface area contributed by atoms with Gasteiger partial charge in [-0.25, -0.2) is 0 Å². The van der Waals surface area contributed by atoms with Crippen LogP contribution >= 0.6 is 23.4 Å². The lowest BCUT2D eigenvalue weighted by Gasteiger charge is -2.32. The quantitative estimate of drug-likeness (QED) is 0.635. The fourth-order valence-corrected chi connectivity index (χ4v) is 3.60. The minimum atomic E-state index is -0.569. The Hall–Kier alpha value is -1.27. The van der Waals surface area contributed by atoms with Gasteiger partial charge in [-0.05, 0) is 12.5 Å². The first-order valence-electron chi connectivity index (χ1n) is 6.38. The summed E-state index contributed by atoms with van der Waals surface area (Å²) in [5.74, 6) is 0.661. The second kappa shape index (κ2) is 6.45. The highest BCUT2D eigenvalue weighted by atomic mass is 35.5. The van der Waals surface area contributed by atoms with Crippen molar-refractivity contribution in [1.82, 2.24) is 4.90 Å². The van der Waals surface area contributed by atoms with E-state index in [-0.39, 0.29) is 22.2 Å². The van der Waals surface area contributed by atoms with Crippen LogP contribution in [-0.4, -0.2) is 39.8 Å². The number of hydrogen-bond acceptors (Lipinski definition) is 4. The van der Waals surface area contributed by atoms with Gasteiger partial charge in [-0.15, -0.1) is 0 Å². The number of nitrogens with zero attached hydrogens (tertiary/aromatic N) is 2. The summed E-state index contributed by atoms with van der Waals surface area (Å²) in [4.78, 5) is 24.5. The van der Waals surface area contributed by atoms with Crippen molar-refractivity contribution in [3.8, 4) is 0 Å². The Morgan fingerprint density at radius 1 is 1.60 bits per heavy atom. The number of benzene rings is 1. The molecule has 1 amide bonds. The highest BCUT2D eigenvalue weighted by Gasteiger charge is 2.27. The van der Waals surface area contributed by atoms with Crippen molar-refractivity contribution in [3.63, 3.8) is 0 Å². The number of carbonyl (C=O) groups excluding carboxylic acids is 1. The van der Waals surface area contributed by atoms with Crippen molar-refractivity contribution in [1.29, 1.82) is 0 Å². The predicted octanol–water partition coefficient (Wildman–Crippen LogP) is 3.22. The lowest BCUT2D eigenvalue weighted by Crippen LogP contribution is -2.41. The standard InChI is InChI=1S/C13H15ClN2O3S/c1-2-9-8-15(6-7-20-9)13(17)10-4-3-5-11(12(10)14)16(18)19/h3-5,9H,2,6-8H2,1H3. The van der Waals surface area contributed by atoms with E-state index in [0.29, 0.717) is 18.3 Å². The highest BCUT2D eigenvalue weighted by molar-refractivity contribution is 8.00. The molecule has 1 aromatic carbocycles. The SMILES string of the molecule is CCC1CN(C(=O)c2cccc([N+](=O)[O-])c2Cl)CCS1. The molecule has 0 saturated carbocycles. The number of rotatable bonds is 3. The fourth-order valence-electron chi connectivity index (χ4n) is 2.15. The zero-order valence-corrected chi connectivity index (χ0v) is 12.6. The number of thioether (sulfide) groups is 1. The lowest BCUT2D eigenvalue weighted by atomic mass is 10.1. The summed E-state index contributed by atoms with van der Waals surface area (Å²) in [6, 6.07) is 4.34. The van der Waals surface area contributed by atoms with E-state index >= 15 is 0 Å². The van der Waals surface area contributed by atoms with Gasteiger partial charge in [0.15, 0.2) is 0 Å². The summed E-state index contributed by atoms with van der Waals surface area (Å²) in [5, 5.41) is 11.2. The Labute approximate surface area is 126 Å². The third kappa shape index (κ3) is 3.07. The van der Waals surface area contributed by atoms with Crippen molar-refractivity contribution < 1.29 is 9.72 Å². The van der Waals surface area contributed by atoms with Gasteiger partial charge in [0.1, 0.15) is 5.02 Å². The van der Waals surface area contributed by atoms with Gasteiger partial charge < -0.3 is 4.90 Å². The van der Waals surface area contributed by atoms with Crippen LogP contribution < -0.4 is 0 Å². The number of nitro groups is 1. The molecule has 1 fully saturated rings. The van der Waals surface area contributed by atoms with Crippen molar-refractivity contribution in [2.24, 2.45) is 0 Å². The van der Waals surface area contributed by atoms with E-state index < -0.39 is 4.92 Å². The number of carbonyl (C=O) groups is 1. The molecule has 0 aromatic heterocycles. The van der Waals surface area contributed by atoms with E-state index in [0.717, 1.165) is 12.2 Å². The third-order valence-corrected chi connectivity index (χ3v) is 5.06. The van der Waals surface area contributed by atoms with Gasteiger partial charge in [-0.3, -0.25) is 14.9 Å². The summed E-state index contributed by atoms with van der Waals surface area (Å²) >= 11 is 7.85. The molecule has 20 heavy (non-hydrogen) atoms. The second-order valence-electron chi connectivity index (χ2n) is 4.55. The fraction of sp³-hybridized carbons (Fsp3) is 0.462. The molecule has 1 atom stereocenters. The average molecular weight is 315 g/mol. The third-order valence-electron chi connectivity index (χ3n) is 3.29. The van der Waals surface area contributed by atoms with Gasteiger partial charge in [0.2, 0.25) is 0 Å². The molecule has 1 aromatic rings. The average Bonchev–Trinajstić information content (AvgIpc) is 2.46. The van der Waals surface area contributed by atoms with Crippen LogP contribution in [0, 0.1) is 10.1 Å². The lowest BCUT2D eigenvalue weighted by molar-refractivity contribution is -0.384. The van der Waals surface area contributed by atoms with Crippen LogP contribution in [0.2, 0.25) is 5.02 Å². The van der Waals surface area contributed by atoms with Crippen LogP contribution in [-0.2, 0) is 0 Å². The van der Waals surface area contributed by atoms with E-state index in [1.807, 2.05) is 11.8 Å². The normalized spacial score (nSPS) is 18.9. The Morgan fingerprint density at radius 2 is 2.35 bits per heavy atom. The summed E-state index contributed by atoms with van der Waals surface area (Å²) in [5.41, 5.74) is -0.0152. The number of hydrogen-bond donors (Lipinski definition) is 0. The topological polar surface area (TPSA) is 63.5 Å². The molecular formula is C13H15ClN2O3S. The van der Waals surface area contributed by atoms with E-state index in [4.69, 9.17) is 11.6 Å². The van der Waals surface area contributed by atoms with Crippen LogP contribution in [0.5, 0.6) is 0 Å². The summed E-state index contributed by atoms with van der Waals surface area (Å²) < 4.78 is 0. The highest BCUT2D eigenvalue weighted by Crippen LogP contribution is 2.30. The molecular weight excluding hydrogens is 300 g/mol. The van der Waals surface area contributed by atoms with Crippen LogP contribution in [0.15, 0.2) is 18.2 Å². The molecule has 1 aliphatic heterocycles. The number of halogens is 1. The maximum Gasteiger partial charge on any atom is 0.288 e. The molecule has 0 bridgehead atoms. The molecule has 1 aliphatic rings. The van der Waals surface area contributed by atoms with E-state index in [9.17, 15) is 14.9 Å².